The molecule has 0 radical (unpaired) electrons. The molecule has 2 aliphatic heterocycles. The van der Waals surface area contributed by atoms with E-state index in [1.165, 1.54) is 5.69 Å². The van der Waals surface area contributed by atoms with Gasteiger partial charge in [0, 0.05) is 24.2 Å². The van der Waals surface area contributed by atoms with Crippen LogP contribution in [0.2, 0.25) is 0 Å². The van der Waals surface area contributed by atoms with Crippen LogP contribution in [0.25, 0.3) is 0 Å². The first-order valence-electron chi connectivity index (χ1n) is 8.03. The zero-order valence-corrected chi connectivity index (χ0v) is 16.1. The van der Waals surface area contributed by atoms with Gasteiger partial charge in [0.1, 0.15) is 0 Å². The van der Waals surface area contributed by atoms with Gasteiger partial charge in [0.05, 0.1) is 11.2 Å². The van der Waals surface area contributed by atoms with Crippen LogP contribution < -0.4 is 5.32 Å². The summed E-state index contributed by atoms with van der Waals surface area (Å²) in [6, 6.07) is 4.24. The van der Waals surface area contributed by atoms with Gasteiger partial charge in [-0.2, -0.15) is 0 Å². The van der Waals surface area contributed by atoms with Crippen molar-refractivity contribution in [3.8, 4) is 0 Å². The molecule has 1 fully saturated rings. The molecule has 3 rings (SSSR count). The Morgan fingerprint density at radius 2 is 1.74 bits per heavy atom. The fraction of sp³-hybridized carbons (Fsp3) is 0.706. The minimum absolute atomic E-state index is 0. The van der Waals surface area contributed by atoms with E-state index >= 15 is 0 Å². The molecule has 4 nitrogen and oxygen atoms in total. The van der Waals surface area contributed by atoms with Gasteiger partial charge in [-0.05, 0) is 45.1 Å². The smallest absolute Gasteiger partial charge is 0.184 e. The molecule has 1 spiro atoms. The number of aromatic nitrogens is 1. The molecular weight excluding hydrogens is 333 g/mol. The fourth-order valence-corrected chi connectivity index (χ4v) is 3.84. The summed E-state index contributed by atoms with van der Waals surface area (Å²) in [5, 5.41) is 3.46. The second kappa shape index (κ2) is 7.14. The molecule has 2 aliphatic rings. The Bertz CT molecular complexity index is 557. The number of piperidine rings is 1. The standard InChI is InChI=1S/C17H27N3O.2ClH/c1-16(2,3)15(21)13-5-6-14-17(7-9-18-10-8-17)19(4)11-12-20(13)14;;/h5-6,18H,7-12H2,1-4H3;2*1H. The normalized spacial score (nSPS) is 20.3. The monoisotopic (exact) mass is 361 g/mol. The number of carbonyl (C=O) groups excluding carboxylic acids is 1. The van der Waals surface area contributed by atoms with Crippen LogP contribution in [-0.4, -0.2) is 41.9 Å². The molecule has 0 aliphatic carbocycles. The molecule has 6 heteroatoms. The van der Waals surface area contributed by atoms with Crippen molar-refractivity contribution in [3.05, 3.63) is 23.5 Å². The molecule has 23 heavy (non-hydrogen) atoms. The fourth-order valence-electron chi connectivity index (χ4n) is 3.84. The van der Waals surface area contributed by atoms with Crippen molar-refractivity contribution in [3.63, 3.8) is 0 Å². The number of ketones is 1. The van der Waals surface area contributed by atoms with Gasteiger partial charge < -0.3 is 9.88 Å². The Morgan fingerprint density at radius 3 is 2.30 bits per heavy atom. The predicted molar refractivity (Wildman–Crippen MR) is 99.1 cm³/mol. The van der Waals surface area contributed by atoms with E-state index in [0.717, 1.165) is 44.7 Å². The molecule has 1 aromatic rings. The van der Waals surface area contributed by atoms with Gasteiger partial charge in [-0.25, -0.2) is 0 Å². The molecule has 0 atom stereocenters. The first-order chi connectivity index (χ1) is 9.86. The van der Waals surface area contributed by atoms with Crippen LogP contribution in [-0.2, 0) is 12.1 Å². The number of hydrogen-bond acceptors (Lipinski definition) is 3. The molecule has 3 heterocycles. The van der Waals surface area contributed by atoms with Crippen LogP contribution in [0.5, 0.6) is 0 Å². The van der Waals surface area contributed by atoms with Crippen LogP contribution in [0.4, 0.5) is 0 Å². The van der Waals surface area contributed by atoms with E-state index in [1.807, 2.05) is 26.8 Å². The number of fused-ring (bicyclic) bond motifs is 2. The van der Waals surface area contributed by atoms with Crippen LogP contribution in [0.1, 0.15) is 49.8 Å². The second-order valence-corrected chi connectivity index (χ2v) is 7.54. The van der Waals surface area contributed by atoms with E-state index in [2.05, 4.69) is 27.9 Å². The van der Waals surface area contributed by atoms with E-state index in [4.69, 9.17) is 0 Å². The van der Waals surface area contributed by atoms with Gasteiger partial charge in [-0.3, -0.25) is 9.69 Å². The highest BCUT2D eigenvalue weighted by Gasteiger charge is 2.43. The summed E-state index contributed by atoms with van der Waals surface area (Å²) in [4.78, 5) is 15.2. The summed E-state index contributed by atoms with van der Waals surface area (Å²) in [6.45, 7) is 10.1. The van der Waals surface area contributed by atoms with E-state index in [1.54, 1.807) is 0 Å². The van der Waals surface area contributed by atoms with Gasteiger partial charge in [-0.15, -0.1) is 24.8 Å². The summed E-state index contributed by atoms with van der Waals surface area (Å²) >= 11 is 0. The van der Waals surface area contributed by atoms with Crippen LogP contribution in [0, 0.1) is 5.41 Å². The number of likely N-dealkylation sites (N-methyl/N-ethyl adjacent to an activating group) is 1. The molecule has 1 N–H and O–H groups in total. The largest absolute Gasteiger partial charge is 0.339 e. The summed E-state index contributed by atoms with van der Waals surface area (Å²) in [7, 11) is 2.23. The van der Waals surface area contributed by atoms with E-state index in [-0.39, 0.29) is 41.6 Å². The molecule has 0 aromatic carbocycles. The highest BCUT2D eigenvalue weighted by Crippen LogP contribution is 2.40. The Hall–Kier alpha value is -0.550. The van der Waals surface area contributed by atoms with Crippen molar-refractivity contribution in [1.82, 2.24) is 14.8 Å². The van der Waals surface area contributed by atoms with Crippen molar-refractivity contribution >= 4 is 30.6 Å². The zero-order chi connectivity index (χ0) is 15.3. The number of halogens is 2. The quantitative estimate of drug-likeness (QED) is 0.781. The average Bonchev–Trinajstić information content (AvgIpc) is 2.87. The first-order valence-corrected chi connectivity index (χ1v) is 8.03. The Morgan fingerprint density at radius 1 is 1.13 bits per heavy atom. The first kappa shape index (κ1) is 20.5. The molecule has 1 saturated heterocycles. The molecule has 1 aromatic heterocycles. The highest BCUT2D eigenvalue weighted by molar-refractivity contribution is 5.98. The topological polar surface area (TPSA) is 37.3 Å². The van der Waals surface area contributed by atoms with Crippen LogP contribution in [0.15, 0.2) is 12.1 Å². The lowest BCUT2D eigenvalue weighted by Crippen LogP contribution is -2.55. The van der Waals surface area contributed by atoms with E-state index in [9.17, 15) is 4.79 Å². The summed E-state index contributed by atoms with van der Waals surface area (Å²) in [5.74, 6) is 0.252. The highest BCUT2D eigenvalue weighted by atomic mass is 35.5. The van der Waals surface area contributed by atoms with Crippen molar-refractivity contribution in [2.75, 3.05) is 26.7 Å². The van der Waals surface area contributed by atoms with Gasteiger partial charge in [0.25, 0.3) is 0 Å². The van der Waals surface area contributed by atoms with Crippen molar-refractivity contribution in [1.29, 1.82) is 0 Å². The molecule has 0 unspecified atom stereocenters. The van der Waals surface area contributed by atoms with Gasteiger partial charge >= 0.3 is 0 Å². The number of Topliss-reactive ketones (excluding diaryl/α,β-unsaturated/α-hetero) is 1. The number of carbonyl (C=O) groups is 1. The molecule has 0 amide bonds. The van der Waals surface area contributed by atoms with Crippen molar-refractivity contribution in [2.45, 2.75) is 45.7 Å². The molecular formula is C17H29Cl2N3O. The Balaban J connectivity index is 0.00000132. The summed E-state index contributed by atoms with van der Waals surface area (Å²) in [6.07, 6.45) is 2.24. The van der Waals surface area contributed by atoms with Gasteiger partial charge in [-0.1, -0.05) is 20.8 Å². The number of rotatable bonds is 1. The minimum atomic E-state index is -0.320. The molecule has 132 valence electrons. The number of nitrogens with one attached hydrogen (secondary N) is 1. The lowest BCUT2D eigenvalue weighted by molar-refractivity contribution is 0.0468. The maximum absolute atomic E-state index is 12.7. The minimum Gasteiger partial charge on any atom is -0.339 e. The van der Waals surface area contributed by atoms with Crippen molar-refractivity contribution in [2.24, 2.45) is 5.41 Å². The number of hydrogen-bond donors (Lipinski definition) is 1. The third-order valence-corrected chi connectivity index (χ3v) is 5.19. The van der Waals surface area contributed by atoms with Gasteiger partial charge in [0.2, 0.25) is 0 Å². The molecule has 0 bridgehead atoms. The van der Waals surface area contributed by atoms with Crippen LogP contribution in [0.3, 0.4) is 0 Å². The maximum Gasteiger partial charge on any atom is 0.184 e. The third kappa shape index (κ3) is 3.32. The van der Waals surface area contributed by atoms with Gasteiger partial charge in [0.15, 0.2) is 5.78 Å². The summed E-state index contributed by atoms with van der Waals surface area (Å²) < 4.78 is 2.29. The summed E-state index contributed by atoms with van der Waals surface area (Å²) in [5.41, 5.74) is 2.02. The number of nitrogens with zero attached hydrogens (tertiary/aromatic N) is 2. The molecule has 0 saturated carbocycles. The second-order valence-electron chi connectivity index (χ2n) is 7.54. The van der Waals surface area contributed by atoms with E-state index < -0.39 is 0 Å². The Labute approximate surface area is 151 Å². The third-order valence-electron chi connectivity index (χ3n) is 5.19. The van der Waals surface area contributed by atoms with E-state index in [0.29, 0.717) is 0 Å². The average molecular weight is 362 g/mol. The lowest BCUT2D eigenvalue weighted by atomic mass is 9.82. The predicted octanol–water partition coefficient (Wildman–Crippen LogP) is 3.08. The lowest BCUT2D eigenvalue weighted by Gasteiger charge is -2.48. The zero-order valence-electron chi connectivity index (χ0n) is 14.5. The SMILES string of the molecule is CN1CCn2c(C(=O)C(C)(C)C)ccc2C12CCNCC2.Cl.Cl. The maximum atomic E-state index is 12.7. The Kier molecular flexibility index (Phi) is 6.36. The van der Waals surface area contributed by atoms with Crippen molar-refractivity contribution < 1.29 is 4.79 Å². The van der Waals surface area contributed by atoms with Crippen LogP contribution >= 0.6 is 24.8 Å².